The molecule has 0 unspecified atom stereocenters. The molecule has 7 nitrogen and oxygen atoms in total. The van der Waals surface area contributed by atoms with Crippen LogP contribution in [-0.2, 0) is 4.79 Å². The number of amides is 1. The highest BCUT2D eigenvalue weighted by atomic mass is 35.5. The number of nitrogens with one attached hydrogen (secondary N) is 1. The third-order valence-electron chi connectivity index (χ3n) is 2.90. The summed E-state index contributed by atoms with van der Waals surface area (Å²) in [6.07, 6.45) is -1.05. The number of hydrogen-bond donors (Lipinski definition) is 3. The minimum Gasteiger partial charge on any atom is -0.480 e. The molecule has 0 saturated carbocycles. The van der Waals surface area contributed by atoms with Crippen LogP contribution >= 0.6 is 11.6 Å². The molecule has 2 atom stereocenters. The molecule has 1 aliphatic heterocycles. The van der Waals surface area contributed by atoms with Gasteiger partial charge < -0.3 is 15.5 Å². The van der Waals surface area contributed by atoms with Gasteiger partial charge in [-0.15, -0.1) is 0 Å². The molecule has 8 heteroatoms. The van der Waals surface area contributed by atoms with Gasteiger partial charge >= 0.3 is 12.1 Å². The quantitative estimate of drug-likeness (QED) is 0.725. The molecule has 19 heavy (non-hydrogen) atoms. The minimum atomic E-state index is -1.24. The summed E-state index contributed by atoms with van der Waals surface area (Å²) in [5.41, 5.74) is 0. The van der Waals surface area contributed by atoms with Crippen molar-refractivity contribution >= 4 is 29.5 Å². The van der Waals surface area contributed by atoms with Crippen LogP contribution in [0.2, 0.25) is 5.15 Å². The van der Waals surface area contributed by atoms with Crippen LogP contribution in [0.3, 0.4) is 0 Å². The van der Waals surface area contributed by atoms with Crippen molar-refractivity contribution in [3.05, 3.63) is 23.4 Å². The Hall–Kier alpha value is -2.02. The Morgan fingerprint density at radius 1 is 1.42 bits per heavy atom. The summed E-state index contributed by atoms with van der Waals surface area (Å²) in [5, 5.41) is 21.2. The molecule has 3 N–H and O–H groups in total. The largest absolute Gasteiger partial charge is 0.480 e. The molecule has 1 saturated heterocycles. The summed E-state index contributed by atoms with van der Waals surface area (Å²) in [7, 11) is 0. The number of hydrogen-bond acceptors (Lipinski definition) is 4. The first-order chi connectivity index (χ1) is 8.97. The van der Waals surface area contributed by atoms with E-state index in [0.717, 1.165) is 4.90 Å². The van der Waals surface area contributed by atoms with Crippen molar-refractivity contribution in [2.24, 2.45) is 0 Å². The third kappa shape index (κ3) is 3.05. The van der Waals surface area contributed by atoms with Gasteiger partial charge in [0.2, 0.25) is 0 Å². The molecule has 1 aliphatic rings. The van der Waals surface area contributed by atoms with E-state index in [9.17, 15) is 9.59 Å². The van der Waals surface area contributed by atoms with Gasteiger partial charge in [-0.2, -0.15) is 0 Å². The molecule has 0 spiro atoms. The van der Waals surface area contributed by atoms with Gasteiger partial charge in [0, 0.05) is 19.0 Å². The molecule has 2 heterocycles. The Morgan fingerprint density at radius 2 is 2.16 bits per heavy atom. The number of pyridine rings is 1. The van der Waals surface area contributed by atoms with E-state index in [1.807, 2.05) is 0 Å². The van der Waals surface area contributed by atoms with Crippen LogP contribution in [0, 0.1) is 0 Å². The Morgan fingerprint density at radius 3 is 2.68 bits per heavy atom. The summed E-state index contributed by atoms with van der Waals surface area (Å²) in [6.45, 7) is 0.0977. The predicted molar refractivity (Wildman–Crippen MR) is 67.4 cm³/mol. The fraction of sp³-hybridized carbons (Fsp3) is 0.364. The van der Waals surface area contributed by atoms with Crippen LogP contribution in [0.15, 0.2) is 18.2 Å². The van der Waals surface area contributed by atoms with Gasteiger partial charge in [-0.05, 0) is 12.1 Å². The standard InChI is InChI=1S/C11H12ClN3O4/c12-8-2-1-3-9(14-8)13-6-4-7(10(16)17)15(5-6)11(18)19/h1-3,6-7H,4-5H2,(H,13,14)(H,16,17)(H,18,19)/t6-,7-/m0/s1. The van der Waals surface area contributed by atoms with E-state index in [1.54, 1.807) is 18.2 Å². The lowest BCUT2D eigenvalue weighted by molar-refractivity contribution is -0.141. The van der Waals surface area contributed by atoms with Gasteiger partial charge in [-0.1, -0.05) is 17.7 Å². The summed E-state index contributed by atoms with van der Waals surface area (Å²) in [6, 6.07) is 3.67. The van der Waals surface area contributed by atoms with E-state index in [-0.39, 0.29) is 19.0 Å². The molecular weight excluding hydrogens is 274 g/mol. The second-order valence-electron chi connectivity index (χ2n) is 4.21. The highest BCUT2D eigenvalue weighted by molar-refractivity contribution is 6.29. The topological polar surface area (TPSA) is 103 Å². The maximum absolute atomic E-state index is 11.0. The zero-order chi connectivity index (χ0) is 14.0. The van der Waals surface area contributed by atoms with Crippen molar-refractivity contribution in [3.63, 3.8) is 0 Å². The van der Waals surface area contributed by atoms with Crippen LogP contribution < -0.4 is 5.32 Å². The third-order valence-corrected chi connectivity index (χ3v) is 3.11. The number of aromatic nitrogens is 1. The second-order valence-corrected chi connectivity index (χ2v) is 4.60. The summed E-state index contributed by atoms with van der Waals surface area (Å²) < 4.78 is 0. The first kappa shape index (κ1) is 13.4. The molecule has 0 aliphatic carbocycles. The zero-order valence-corrected chi connectivity index (χ0v) is 10.5. The van der Waals surface area contributed by atoms with E-state index in [0.29, 0.717) is 11.0 Å². The number of anilines is 1. The highest BCUT2D eigenvalue weighted by Gasteiger charge is 2.39. The average molecular weight is 286 g/mol. The average Bonchev–Trinajstić information content (AvgIpc) is 2.73. The number of aliphatic carboxylic acids is 1. The Kier molecular flexibility index (Phi) is 3.75. The fourth-order valence-electron chi connectivity index (χ4n) is 2.08. The molecule has 1 aromatic rings. The molecular formula is C11H12ClN3O4. The molecule has 0 bridgehead atoms. The van der Waals surface area contributed by atoms with E-state index >= 15 is 0 Å². The monoisotopic (exact) mass is 285 g/mol. The first-order valence-corrected chi connectivity index (χ1v) is 5.96. The van der Waals surface area contributed by atoms with Crippen LogP contribution in [0.4, 0.5) is 10.6 Å². The van der Waals surface area contributed by atoms with E-state index in [2.05, 4.69) is 10.3 Å². The van der Waals surface area contributed by atoms with Gasteiger partial charge in [0.25, 0.3) is 0 Å². The Bertz CT molecular complexity index is 488. The first-order valence-electron chi connectivity index (χ1n) is 5.59. The number of carboxylic acid groups (broad SMARTS) is 2. The number of halogens is 1. The summed E-state index contributed by atoms with van der Waals surface area (Å²) in [5.74, 6) is -0.653. The number of likely N-dealkylation sites (tertiary alicyclic amines) is 1. The van der Waals surface area contributed by atoms with Gasteiger partial charge in [0.05, 0.1) is 0 Å². The van der Waals surface area contributed by atoms with Crippen LogP contribution in [-0.4, -0.2) is 50.8 Å². The lowest BCUT2D eigenvalue weighted by atomic mass is 10.2. The molecule has 0 aromatic carbocycles. The lowest BCUT2D eigenvalue weighted by Gasteiger charge is -2.16. The predicted octanol–water partition coefficient (Wildman–Crippen LogP) is 1.35. The van der Waals surface area contributed by atoms with Gasteiger partial charge in [0.15, 0.2) is 0 Å². The number of carbonyl (C=O) groups is 2. The molecule has 102 valence electrons. The van der Waals surface area contributed by atoms with Crippen molar-refractivity contribution in [3.8, 4) is 0 Å². The van der Waals surface area contributed by atoms with E-state index < -0.39 is 18.1 Å². The maximum atomic E-state index is 11.0. The van der Waals surface area contributed by atoms with Crippen LogP contribution in [0.5, 0.6) is 0 Å². The van der Waals surface area contributed by atoms with E-state index in [4.69, 9.17) is 21.8 Å². The fourth-order valence-corrected chi connectivity index (χ4v) is 2.25. The second kappa shape index (κ2) is 5.31. The van der Waals surface area contributed by atoms with Crippen molar-refractivity contribution in [1.29, 1.82) is 0 Å². The minimum absolute atomic E-state index is 0.0977. The molecule has 0 radical (unpaired) electrons. The maximum Gasteiger partial charge on any atom is 0.408 e. The lowest BCUT2D eigenvalue weighted by Crippen LogP contribution is -2.39. The van der Waals surface area contributed by atoms with Crippen LogP contribution in [0.25, 0.3) is 0 Å². The number of carboxylic acids is 1. The van der Waals surface area contributed by atoms with Crippen LogP contribution in [0.1, 0.15) is 6.42 Å². The Balaban J connectivity index is 2.07. The van der Waals surface area contributed by atoms with Crippen molar-refractivity contribution in [2.45, 2.75) is 18.5 Å². The summed E-state index contributed by atoms with van der Waals surface area (Å²) in [4.78, 5) is 26.9. The highest BCUT2D eigenvalue weighted by Crippen LogP contribution is 2.21. The molecule has 1 fully saturated rings. The van der Waals surface area contributed by atoms with Crippen molar-refractivity contribution < 1.29 is 19.8 Å². The Labute approximate surface area is 113 Å². The van der Waals surface area contributed by atoms with Gasteiger partial charge in [-0.3, -0.25) is 4.90 Å². The van der Waals surface area contributed by atoms with Crippen molar-refractivity contribution in [2.75, 3.05) is 11.9 Å². The van der Waals surface area contributed by atoms with Gasteiger partial charge in [-0.25, -0.2) is 14.6 Å². The summed E-state index contributed by atoms with van der Waals surface area (Å²) >= 11 is 5.74. The smallest absolute Gasteiger partial charge is 0.408 e. The van der Waals surface area contributed by atoms with Gasteiger partial charge in [0.1, 0.15) is 17.0 Å². The SMILES string of the molecule is O=C(O)[C@@H]1C[C@H](Nc2cccc(Cl)n2)CN1C(=O)O. The number of rotatable bonds is 3. The molecule has 1 aromatic heterocycles. The number of nitrogens with zero attached hydrogens (tertiary/aromatic N) is 2. The zero-order valence-electron chi connectivity index (χ0n) is 9.78. The van der Waals surface area contributed by atoms with E-state index in [1.165, 1.54) is 0 Å². The molecule has 2 rings (SSSR count). The normalized spacial score (nSPS) is 22.3. The molecule has 1 amide bonds. The van der Waals surface area contributed by atoms with Crippen molar-refractivity contribution in [1.82, 2.24) is 9.88 Å².